The van der Waals surface area contributed by atoms with Gasteiger partial charge >= 0.3 is 0 Å². The Balaban J connectivity index is 1.78. The normalized spacial score (nSPS) is 22.7. The molecule has 3 rings (SSSR count). The van der Waals surface area contributed by atoms with Crippen LogP contribution in [0.15, 0.2) is 24.5 Å². The number of carbonyl (C=O) groups is 3. The molecule has 0 radical (unpaired) electrons. The monoisotopic (exact) mass is 456 g/mol. The second kappa shape index (κ2) is 11.2. The molecule has 1 aromatic rings. The Morgan fingerprint density at radius 2 is 1.79 bits per heavy atom. The molecule has 1 saturated carbocycles. The molecular weight excluding hydrogens is 416 g/mol. The molecule has 0 spiro atoms. The van der Waals surface area contributed by atoms with E-state index in [4.69, 9.17) is 5.73 Å². The zero-order valence-electron chi connectivity index (χ0n) is 20.4. The lowest BCUT2D eigenvalue weighted by Gasteiger charge is -2.29. The van der Waals surface area contributed by atoms with Gasteiger partial charge in [-0.2, -0.15) is 0 Å². The van der Waals surface area contributed by atoms with Crippen LogP contribution in [0.2, 0.25) is 0 Å². The molecule has 0 bridgehead atoms. The van der Waals surface area contributed by atoms with Gasteiger partial charge in [0.25, 0.3) is 0 Å². The van der Waals surface area contributed by atoms with Gasteiger partial charge in [-0.3, -0.25) is 19.4 Å². The minimum Gasteiger partial charge on any atom is -0.344 e. The number of nitrogens with zero attached hydrogens (tertiary/aromatic N) is 2. The van der Waals surface area contributed by atoms with Gasteiger partial charge in [0.2, 0.25) is 11.8 Å². The Morgan fingerprint density at radius 3 is 2.39 bits per heavy atom. The number of hydrogen-bond acceptors (Lipinski definition) is 5. The molecule has 33 heavy (non-hydrogen) atoms. The van der Waals surface area contributed by atoms with Crippen molar-refractivity contribution >= 4 is 17.6 Å². The number of carbonyl (C=O) groups excluding carboxylic acids is 3. The Morgan fingerprint density at radius 1 is 1.12 bits per heavy atom. The zero-order chi connectivity index (χ0) is 24.0. The number of likely N-dealkylation sites (tertiary alicyclic amines) is 1. The van der Waals surface area contributed by atoms with Crippen molar-refractivity contribution in [2.24, 2.45) is 23.0 Å². The van der Waals surface area contributed by atoms with Gasteiger partial charge in [0, 0.05) is 37.3 Å². The lowest BCUT2D eigenvalue weighted by molar-refractivity contribution is -0.140. The third-order valence-corrected chi connectivity index (χ3v) is 7.19. The average Bonchev–Trinajstić information content (AvgIpc) is 3.25. The number of nitrogens with two attached hydrogens (primary N) is 1. The number of pyridine rings is 1. The number of Topliss-reactive ketones (excluding diaryl/α,β-unsaturated/α-hetero) is 1. The summed E-state index contributed by atoms with van der Waals surface area (Å²) in [4.78, 5) is 45.4. The van der Waals surface area contributed by atoms with Gasteiger partial charge in [0.1, 0.15) is 6.04 Å². The lowest BCUT2D eigenvalue weighted by Crippen LogP contribution is -2.53. The molecule has 1 aliphatic heterocycles. The summed E-state index contributed by atoms with van der Waals surface area (Å²) < 4.78 is 0. The van der Waals surface area contributed by atoms with Crippen molar-refractivity contribution in [1.82, 2.24) is 15.2 Å². The van der Waals surface area contributed by atoms with E-state index in [-0.39, 0.29) is 30.6 Å². The molecular formula is C26H40N4O3. The van der Waals surface area contributed by atoms with Crippen molar-refractivity contribution in [2.45, 2.75) is 84.2 Å². The Labute approximate surface area is 197 Å². The van der Waals surface area contributed by atoms with Gasteiger partial charge in [0.15, 0.2) is 5.78 Å². The fraction of sp³-hybridized carbons (Fsp3) is 0.692. The highest BCUT2D eigenvalue weighted by molar-refractivity contribution is 5.95. The quantitative estimate of drug-likeness (QED) is 0.626. The Bertz CT molecular complexity index is 815. The molecule has 3 N–H and O–H groups in total. The molecule has 0 unspecified atom stereocenters. The van der Waals surface area contributed by atoms with E-state index in [1.54, 1.807) is 17.3 Å². The van der Waals surface area contributed by atoms with Gasteiger partial charge < -0.3 is 16.0 Å². The van der Waals surface area contributed by atoms with Crippen LogP contribution in [0.5, 0.6) is 0 Å². The van der Waals surface area contributed by atoms with E-state index in [1.807, 2.05) is 32.9 Å². The predicted molar refractivity (Wildman–Crippen MR) is 128 cm³/mol. The molecule has 2 amide bonds. The fourth-order valence-electron chi connectivity index (χ4n) is 5.36. The van der Waals surface area contributed by atoms with Crippen LogP contribution >= 0.6 is 0 Å². The fourth-order valence-corrected chi connectivity index (χ4v) is 5.36. The predicted octanol–water partition coefficient (Wildman–Crippen LogP) is 2.87. The molecule has 3 atom stereocenters. The molecule has 1 aromatic heterocycles. The number of nitrogens with one attached hydrogen (secondary N) is 1. The summed E-state index contributed by atoms with van der Waals surface area (Å²) in [6.45, 7) is 6.49. The number of ketones is 1. The van der Waals surface area contributed by atoms with Crippen LogP contribution in [0.25, 0.3) is 0 Å². The number of rotatable bonds is 8. The van der Waals surface area contributed by atoms with Crippen LogP contribution in [-0.4, -0.2) is 52.7 Å². The highest BCUT2D eigenvalue weighted by Crippen LogP contribution is 2.38. The van der Waals surface area contributed by atoms with Crippen LogP contribution in [0.1, 0.15) is 71.3 Å². The van der Waals surface area contributed by atoms with E-state index in [1.165, 1.54) is 32.1 Å². The maximum Gasteiger partial charge on any atom is 0.243 e. The van der Waals surface area contributed by atoms with Gasteiger partial charge in [0.05, 0.1) is 6.04 Å². The molecule has 1 aliphatic carbocycles. The third kappa shape index (κ3) is 6.62. The number of hydrogen-bond donors (Lipinski definition) is 2. The van der Waals surface area contributed by atoms with Gasteiger partial charge in [-0.05, 0) is 42.4 Å². The van der Waals surface area contributed by atoms with Crippen molar-refractivity contribution in [3.05, 3.63) is 30.1 Å². The molecule has 2 aliphatic rings. The van der Waals surface area contributed by atoms with Crippen LogP contribution in [0.4, 0.5) is 0 Å². The van der Waals surface area contributed by atoms with Gasteiger partial charge in [-0.1, -0.05) is 52.9 Å². The van der Waals surface area contributed by atoms with Crippen LogP contribution < -0.4 is 11.1 Å². The van der Waals surface area contributed by atoms with Crippen molar-refractivity contribution < 1.29 is 14.4 Å². The minimum atomic E-state index is -0.653. The molecule has 182 valence electrons. The van der Waals surface area contributed by atoms with E-state index in [0.717, 1.165) is 5.56 Å². The second-order valence-corrected chi connectivity index (χ2v) is 10.7. The minimum absolute atomic E-state index is 0.0191. The molecule has 7 heteroatoms. The summed E-state index contributed by atoms with van der Waals surface area (Å²) in [6.07, 6.45) is 10.8. The van der Waals surface area contributed by atoms with Crippen molar-refractivity contribution in [3.63, 3.8) is 0 Å². The largest absolute Gasteiger partial charge is 0.344 e. The van der Waals surface area contributed by atoms with E-state index in [2.05, 4.69) is 10.3 Å². The first-order valence-corrected chi connectivity index (χ1v) is 12.4. The van der Waals surface area contributed by atoms with Crippen LogP contribution in [-0.2, 0) is 20.8 Å². The summed E-state index contributed by atoms with van der Waals surface area (Å²) in [5.41, 5.74) is 6.00. The third-order valence-electron chi connectivity index (χ3n) is 7.19. The first-order valence-electron chi connectivity index (χ1n) is 12.4. The summed E-state index contributed by atoms with van der Waals surface area (Å²) >= 11 is 0. The van der Waals surface area contributed by atoms with Crippen LogP contribution in [0, 0.1) is 17.3 Å². The first-order chi connectivity index (χ1) is 15.7. The molecule has 2 fully saturated rings. The maximum absolute atomic E-state index is 13.5. The Kier molecular flexibility index (Phi) is 8.63. The van der Waals surface area contributed by atoms with E-state index < -0.39 is 17.5 Å². The smallest absolute Gasteiger partial charge is 0.243 e. The van der Waals surface area contributed by atoms with Crippen molar-refractivity contribution in [2.75, 3.05) is 13.1 Å². The average molecular weight is 457 g/mol. The SMILES string of the molecule is CC(C)(C)C(=O)[C@H](Cc1ccncc1)NC(=O)[C@@H]1C[C@@H](C2CCCCC2)CN1C(=O)CCN. The molecule has 1 saturated heterocycles. The summed E-state index contributed by atoms with van der Waals surface area (Å²) in [5, 5.41) is 3.03. The van der Waals surface area contributed by atoms with Crippen LogP contribution in [0.3, 0.4) is 0 Å². The second-order valence-electron chi connectivity index (χ2n) is 10.7. The zero-order valence-corrected chi connectivity index (χ0v) is 20.4. The number of amides is 2. The van der Waals surface area contributed by atoms with Crippen molar-refractivity contribution in [1.29, 1.82) is 0 Å². The first kappa shape index (κ1) is 25.3. The molecule has 0 aromatic carbocycles. The Hall–Kier alpha value is -2.28. The van der Waals surface area contributed by atoms with E-state index in [0.29, 0.717) is 31.2 Å². The van der Waals surface area contributed by atoms with E-state index >= 15 is 0 Å². The lowest BCUT2D eigenvalue weighted by atomic mass is 9.79. The molecule has 2 heterocycles. The number of aromatic nitrogens is 1. The summed E-state index contributed by atoms with van der Waals surface area (Å²) in [7, 11) is 0. The van der Waals surface area contributed by atoms with Crippen molar-refractivity contribution in [3.8, 4) is 0 Å². The standard InChI is InChI=1S/C26H40N4O3/c1-26(2,3)24(32)21(15-18-10-13-28-14-11-18)29-25(33)22-16-20(19-7-5-4-6-8-19)17-30(22)23(31)9-12-27/h10-11,13-14,19-22H,4-9,12,15-17,27H2,1-3H3,(H,29,33)/t20-,21+,22+/m1/s1. The highest BCUT2D eigenvalue weighted by atomic mass is 16.2. The summed E-state index contributed by atoms with van der Waals surface area (Å²) in [5.74, 6) is 0.585. The summed E-state index contributed by atoms with van der Waals surface area (Å²) in [6, 6.07) is 2.53. The molecule has 7 nitrogen and oxygen atoms in total. The van der Waals surface area contributed by atoms with E-state index in [9.17, 15) is 14.4 Å². The van der Waals surface area contributed by atoms with Gasteiger partial charge in [-0.15, -0.1) is 0 Å². The highest BCUT2D eigenvalue weighted by Gasteiger charge is 2.43. The topological polar surface area (TPSA) is 105 Å². The van der Waals surface area contributed by atoms with Gasteiger partial charge in [-0.25, -0.2) is 0 Å². The maximum atomic E-state index is 13.5.